The Hall–Kier alpha value is -0.990. The van der Waals surface area contributed by atoms with E-state index in [-0.39, 0.29) is 18.5 Å². The van der Waals surface area contributed by atoms with Crippen molar-refractivity contribution in [3.8, 4) is 0 Å². The summed E-state index contributed by atoms with van der Waals surface area (Å²) in [6.45, 7) is -0.117. The fraction of sp³-hybridized carbons (Fsp3) is 0.750. The van der Waals surface area contributed by atoms with Crippen LogP contribution in [0, 0.1) is 0 Å². The van der Waals surface area contributed by atoms with Crippen LogP contribution < -0.4 is 5.32 Å². The maximum absolute atomic E-state index is 12.4. The highest BCUT2D eigenvalue weighted by Crippen LogP contribution is 2.30. The lowest BCUT2D eigenvalue weighted by Gasteiger charge is -2.31. The number of sulfonamides is 1. The second kappa shape index (κ2) is 7.49. The zero-order valence-electron chi connectivity index (χ0n) is 14.1. The summed E-state index contributed by atoms with van der Waals surface area (Å²) in [7, 11) is -3.40. The molecule has 0 aromatic carbocycles. The number of amides is 1. The number of fused-ring (bicyclic) bond motifs is 1. The van der Waals surface area contributed by atoms with Gasteiger partial charge in [0, 0.05) is 10.9 Å². The van der Waals surface area contributed by atoms with Crippen LogP contribution in [-0.2, 0) is 27.7 Å². The average molecular weight is 372 g/mol. The van der Waals surface area contributed by atoms with E-state index in [0.29, 0.717) is 5.13 Å². The third-order valence-corrected chi connectivity index (χ3v) is 7.15. The fourth-order valence-electron chi connectivity index (χ4n) is 3.59. The largest absolute Gasteiger partial charge is 0.301 e. The number of hydrogen-bond acceptors (Lipinski definition) is 5. The van der Waals surface area contributed by atoms with Gasteiger partial charge in [-0.25, -0.2) is 13.4 Å². The molecule has 1 N–H and O–H groups in total. The molecule has 0 saturated heterocycles. The summed E-state index contributed by atoms with van der Waals surface area (Å²) in [6, 6.07) is -0.0519. The number of aromatic nitrogens is 1. The molecule has 1 aromatic heterocycles. The van der Waals surface area contributed by atoms with Crippen LogP contribution in [-0.4, -0.2) is 42.5 Å². The Morgan fingerprint density at radius 2 is 1.92 bits per heavy atom. The van der Waals surface area contributed by atoms with Crippen molar-refractivity contribution in [3.05, 3.63) is 10.6 Å². The first-order valence-electron chi connectivity index (χ1n) is 8.69. The van der Waals surface area contributed by atoms with Crippen LogP contribution in [0.5, 0.6) is 0 Å². The molecule has 2 aliphatic carbocycles. The zero-order valence-corrected chi connectivity index (χ0v) is 15.7. The third-order valence-electron chi connectivity index (χ3n) is 4.80. The van der Waals surface area contributed by atoms with E-state index in [1.54, 1.807) is 0 Å². The molecule has 24 heavy (non-hydrogen) atoms. The Morgan fingerprint density at radius 3 is 2.58 bits per heavy atom. The average Bonchev–Trinajstić information content (AvgIpc) is 2.94. The summed E-state index contributed by atoms with van der Waals surface area (Å²) in [6.07, 6.45) is 10.4. The van der Waals surface area contributed by atoms with Gasteiger partial charge in [0.05, 0.1) is 18.5 Å². The van der Waals surface area contributed by atoms with Crippen LogP contribution in [0.4, 0.5) is 5.13 Å². The number of carbonyl (C=O) groups is 1. The number of anilines is 1. The van der Waals surface area contributed by atoms with Crippen LogP contribution in [0.2, 0.25) is 0 Å². The highest BCUT2D eigenvalue weighted by atomic mass is 32.2. The summed E-state index contributed by atoms with van der Waals surface area (Å²) in [5, 5.41) is 3.40. The third kappa shape index (κ3) is 4.34. The number of rotatable bonds is 5. The van der Waals surface area contributed by atoms with Gasteiger partial charge < -0.3 is 5.32 Å². The summed E-state index contributed by atoms with van der Waals surface area (Å²) < 4.78 is 25.6. The summed E-state index contributed by atoms with van der Waals surface area (Å²) in [5.74, 6) is -0.294. The Labute approximate surface area is 147 Å². The lowest BCUT2D eigenvalue weighted by atomic mass is 9.95. The van der Waals surface area contributed by atoms with E-state index >= 15 is 0 Å². The first-order valence-corrected chi connectivity index (χ1v) is 11.4. The molecule has 6 nitrogen and oxygen atoms in total. The zero-order chi connectivity index (χ0) is 17.2. The van der Waals surface area contributed by atoms with E-state index in [2.05, 4.69) is 10.3 Å². The number of nitrogens with one attached hydrogen (secondary N) is 1. The van der Waals surface area contributed by atoms with Crippen molar-refractivity contribution in [2.45, 2.75) is 63.8 Å². The summed E-state index contributed by atoms with van der Waals surface area (Å²) >= 11 is 1.52. The molecule has 1 saturated carbocycles. The molecular formula is C16H25N3O3S2. The van der Waals surface area contributed by atoms with Crippen LogP contribution in [0.3, 0.4) is 0 Å². The van der Waals surface area contributed by atoms with Gasteiger partial charge in [-0.1, -0.05) is 19.3 Å². The molecule has 3 rings (SSSR count). The molecule has 8 heteroatoms. The fourth-order valence-corrected chi connectivity index (χ4v) is 5.76. The minimum atomic E-state index is -3.40. The minimum absolute atomic E-state index is 0.0519. The molecule has 0 bridgehead atoms. The Kier molecular flexibility index (Phi) is 5.56. The minimum Gasteiger partial charge on any atom is -0.301 e. The highest BCUT2D eigenvalue weighted by Gasteiger charge is 2.30. The van der Waals surface area contributed by atoms with Crippen molar-refractivity contribution in [1.29, 1.82) is 0 Å². The van der Waals surface area contributed by atoms with Gasteiger partial charge in [0.2, 0.25) is 15.9 Å². The number of aryl methyl sites for hydroxylation is 2. The van der Waals surface area contributed by atoms with Crippen molar-refractivity contribution in [2.75, 3.05) is 18.1 Å². The predicted octanol–water partition coefficient (Wildman–Crippen LogP) is 2.55. The maximum Gasteiger partial charge on any atom is 0.241 e. The smallest absolute Gasteiger partial charge is 0.241 e. The maximum atomic E-state index is 12.4. The molecule has 0 atom stereocenters. The molecule has 0 spiro atoms. The van der Waals surface area contributed by atoms with Gasteiger partial charge in [0.1, 0.15) is 0 Å². The lowest BCUT2D eigenvalue weighted by Crippen LogP contribution is -2.45. The molecule has 0 unspecified atom stereocenters. The topological polar surface area (TPSA) is 79.4 Å². The van der Waals surface area contributed by atoms with Gasteiger partial charge in [0.15, 0.2) is 5.13 Å². The molecule has 1 heterocycles. The lowest BCUT2D eigenvalue weighted by molar-refractivity contribution is -0.116. The van der Waals surface area contributed by atoms with Crippen molar-refractivity contribution in [2.24, 2.45) is 0 Å². The SMILES string of the molecule is CS(=O)(=O)N(CC(=O)Nc1nc2c(s1)CCCC2)C1CCCCC1. The van der Waals surface area contributed by atoms with Gasteiger partial charge in [-0.2, -0.15) is 4.31 Å². The number of thiazole rings is 1. The quantitative estimate of drug-likeness (QED) is 0.863. The molecule has 1 amide bonds. The summed E-state index contributed by atoms with van der Waals surface area (Å²) in [5.41, 5.74) is 1.09. The second-order valence-electron chi connectivity index (χ2n) is 6.74. The second-order valence-corrected chi connectivity index (χ2v) is 9.76. The van der Waals surface area contributed by atoms with Crippen LogP contribution in [0.1, 0.15) is 55.5 Å². The van der Waals surface area contributed by atoms with Crippen LogP contribution >= 0.6 is 11.3 Å². The highest BCUT2D eigenvalue weighted by molar-refractivity contribution is 7.88. The van der Waals surface area contributed by atoms with Crippen molar-refractivity contribution in [3.63, 3.8) is 0 Å². The van der Waals surface area contributed by atoms with Crippen molar-refractivity contribution in [1.82, 2.24) is 9.29 Å². The number of nitrogens with zero attached hydrogens (tertiary/aromatic N) is 2. The van der Waals surface area contributed by atoms with E-state index < -0.39 is 10.0 Å². The number of hydrogen-bond donors (Lipinski definition) is 1. The molecule has 1 fully saturated rings. The predicted molar refractivity (Wildman–Crippen MR) is 95.8 cm³/mol. The molecule has 1 aromatic rings. The van der Waals surface area contributed by atoms with E-state index in [9.17, 15) is 13.2 Å². The monoisotopic (exact) mass is 371 g/mol. The van der Waals surface area contributed by atoms with Crippen molar-refractivity contribution >= 4 is 32.4 Å². The normalized spacial score (nSPS) is 19.2. The molecule has 0 radical (unpaired) electrons. The molecule has 134 valence electrons. The Morgan fingerprint density at radius 1 is 1.21 bits per heavy atom. The first kappa shape index (κ1) is 17.8. The van der Waals surface area contributed by atoms with Gasteiger partial charge >= 0.3 is 0 Å². The van der Waals surface area contributed by atoms with Gasteiger partial charge in [-0.05, 0) is 38.5 Å². The summed E-state index contributed by atoms with van der Waals surface area (Å²) in [4.78, 5) is 18.1. The van der Waals surface area contributed by atoms with Crippen molar-refractivity contribution < 1.29 is 13.2 Å². The van der Waals surface area contributed by atoms with Crippen LogP contribution in [0.15, 0.2) is 0 Å². The van der Waals surface area contributed by atoms with E-state index in [0.717, 1.165) is 57.1 Å². The molecular weight excluding hydrogens is 346 g/mol. The standard InChI is InChI=1S/C16H25N3O3S2/c1-24(21,22)19(12-7-3-2-4-8-12)11-15(20)18-16-17-13-9-5-6-10-14(13)23-16/h12H,2-11H2,1H3,(H,17,18,20). The van der Waals surface area contributed by atoms with E-state index in [1.165, 1.54) is 33.2 Å². The van der Waals surface area contributed by atoms with Gasteiger partial charge in [0.25, 0.3) is 0 Å². The molecule has 2 aliphatic rings. The van der Waals surface area contributed by atoms with E-state index in [1.807, 2.05) is 0 Å². The van der Waals surface area contributed by atoms with E-state index in [4.69, 9.17) is 0 Å². The molecule has 0 aliphatic heterocycles. The van der Waals surface area contributed by atoms with Crippen LogP contribution in [0.25, 0.3) is 0 Å². The van der Waals surface area contributed by atoms with Gasteiger partial charge in [-0.15, -0.1) is 11.3 Å². The Balaban J connectivity index is 1.65. The Bertz CT molecular complexity index is 670. The first-order chi connectivity index (χ1) is 11.4. The number of carbonyl (C=O) groups excluding carboxylic acids is 1. The van der Waals surface area contributed by atoms with Gasteiger partial charge in [-0.3, -0.25) is 4.79 Å².